The summed E-state index contributed by atoms with van der Waals surface area (Å²) in [6, 6.07) is 0. The minimum absolute atomic E-state index is 0.190. The highest BCUT2D eigenvalue weighted by Crippen LogP contribution is 2.13. The molecule has 0 heterocycles. The molecule has 0 aliphatic heterocycles. The zero-order chi connectivity index (χ0) is 25.0. The lowest BCUT2D eigenvalue weighted by Gasteiger charge is -2.07. The van der Waals surface area contributed by atoms with Crippen LogP contribution in [0.4, 0.5) is 0 Å². The molecule has 0 spiro atoms. The highest BCUT2D eigenvalue weighted by Gasteiger charge is 2.07. The van der Waals surface area contributed by atoms with Crippen LogP contribution in [0.3, 0.4) is 0 Å². The minimum Gasteiger partial charge on any atom is -0.464 e. The van der Waals surface area contributed by atoms with E-state index in [0.29, 0.717) is 13.2 Å². The van der Waals surface area contributed by atoms with E-state index in [2.05, 4.69) is 13.8 Å². The van der Waals surface area contributed by atoms with E-state index < -0.39 is 11.9 Å². The van der Waals surface area contributed by atoms with Gasteiger partial charge in [0.05, 0.1) is 13.2 Å². The number of carbonyl (C=O) groups excluding carboxylic acids is 2. The van der Waals surface area contributed by atoms with Crippen LogP contribution in [-0.4, -0.2) is 38.4 Å². The molecule has 34 heavy (non-hydrogen) atoms. The Morgan fingerprint density at radius 2 is 0.676 bits per heavy atom. The smallest absolute Gasteiger partial charge is 0.332 e. The standard InChI is InChI=1S/C29H56O5/c1-3-5-7-9-10-11-12-13-14-15-16-17-18-19-21-23-25-34-29(31)27-32-26-28(30)33-24-22-20-8-6-4-2/h3-27H2,1-2H3. The van der Waals surface area contributed by atoms with Crippen LogP contribution in [0.2, 0.25) is 0 Å². The van der Waals surface area contributed by atoms with E-state index >= 15 is 0 Å². The molecule has 0 amide bonds. The van der Waals surface area contributed by atoms with Crippen molar-refractivity contribution in [2.75, 3.05) is 26.4 Å². The van der Waals surface area contributed by atoms with Crippen molar-refractivity contribution in [1.29, 1.82) is 0 Å². The highest BCUT2D eigenvalue weighted by molar-refractivity contribution is 5.73. The van der Waals surface area contributed by atoms with Gasteiger partial charge in [0, 0.05) is 0 Å². The first kappa shape index (κ1) is 32.9. The third-order valence-corrected chi connectivity index (χ3v) is 6.21. The molecule has 5 heteroatoms. The Kier molecular flexibility index (Phi) is 27.2. The van der Waals surface area contributed by atoms with Crippen molar-refractivity contribution in [2.24, 2.45) is 0 Å². The molecule has 0 rings (SSSR count). The molecule has 0 N–H and O–H groups in total. The van der Waals surface area contributed by atoms with Gasteiger partial charge in [0.2, 0.25) is 0 Å². The summed E-state index contributed by atoms with van der Waals surface area (Å²) in [5.41, 5.74) is 0. The number of rotatable bonds is 27. The molecule has 5 nitrogen and oxygen atoms in total. The van der Waals surface area contributed by atoms with Crippen LogP contribution in [0.15, 0.2) is 0 Å². The number of hydrogen-bond donors (Lipinski definition) is 0. The topological polar surface area (TPSA) is 61.8 Å². The summed E-state index contributed by atoms with van der Waals surface area (Å²) in [6.07, 6.45) is 26.7. The molecular formula is C29H56O5. The van der Waals surface area contributed by atoms with Crippen molar-refractivity contribution in [2.45, 2.75) is 149 Å². The number of unbranched alkanes of at least 4 members (excludes halogenated alkanes) is 19. The summed E-state index contributed by atoms with van der Waals surface area (Å²) >= 11 is 0. The van der Waals surface area contributed by atoms with Gasteiger partial charge < -0.3 is 14.2 Å². The monoisotopic (exact) mass is 484 g/mol. The van der Waals surface area contributed by atoms with E-state index in [9.17, 15) is 9.59 Å². The van der Waals surface area contributed by atoms with Gasteiger partial charge in [-0.05, 0) is 12.8 Å². The second-order valence-corrected chi connectivity index (χ2v) is 9.65. The Hall–Kier alpha value is -1.10. The van der Waals surface area contributed by atoms with Crippen molar-refractivity contribution in [1.82, 2.24) is 0 Å². The number of carbonyl (C=O) groups is 2. The van der Waals surface area contributed by atoms with Gasteiger partial charge in [-0.2, -0.15) is 0 Å². The molecule has 0 aliphatic carbocycles. The second kappa shape index (κ2) is 28.1. The van der Waals surface area contributed by atoms with Crippen LogP contribution in [0.5, 0.6) is 0 Å². The molecule has 0 radical (unpaired) electrons. The lowest BCUT2D eigenvalue weighted by molar-refractivity contribution is -0.155. The van der Waals surface area contributed by atoms with Crippen LogP contribution in [0.1, 0.15) is 149 Å². The Morgan fingerprint density at radius 1 is 0.412 bits per heavy atom. The molecule has 0 aromatic rings. The van der Waals surface area contributed by atoms with Crippen molar-refractivity contribution < 1.29 is 23.8 Å². The maximum atomic E-state index is 11.6. The average Bonchev–Trinajstić information content (AvgIpc) is 2.83. The third kappa shape index (κ3) is 27.1. The van der Waals surface area contributed by atoms with E-state index in [1.165, 1.54) is 109 Å². The second-order valence-electron chi connectivity index (χ2n) is 9.65. The van der Waals surface area contributed by atoms with Gasteiger partial charge in [0.1, 0.15) is 13.2 Å². The maximum Gasteiger partial charge on any atom is 0.332 e. The first-order chi connectivity index (χ1) is 16.7. The van der Waals surface area contributed by atoms with Gasteiger partial charge in [-0.15, -0.1) is 0 Å². The van der Waals surface area contributed by atoms with E-state index in [1.54, 1.807) is 0 Å². The van der Waals surface area contributed by atoms with Crippen molar-refractivity contribution in [3.63, 3.8) is 0 Å². The SMILES string of the molecule is CCCCCCCCCCCCCCCCCCOC(=O)COCC(=O)OCCCCCCC. The number of hydrogen-bond acceptors (Lipinski definition) is 5. The molecule has 0 aromatic heterocycles. The van der Waals surface area contributed by atoms with Crippen LogP contribution in [0.25, 0.3) is 0 Å². The van der Waals surface area contributed by atoms with E-state index in [-0.39, 0.29) is 13.2 Å². The van der Waals surface area contributed by atoms with Crippen LogP contribution >= 0.6 is 0 Å². The van der Waals surface area contributed by atoms with E-state index in [0.717, 1.165) is 25.7 Å². The lowest BCUT2D eigenvalue weighted by Crippen LogP contribution is -2.19. The summed E-state index contributed by atoms with van der Waals surface area (Å²) < 4.78 is 15.3. The Labute approximate surface area is 211 Å². The van der Waals surface area contributed by atoms with Crippen molar-refractivity contribution >= 4 is 11.9 Å². The summed E-state index contributed by atoms with van der Waals surface area (Å²) in [6.45, 7) is 4.92. The summed E-state index contributed by atoms with van der Waals surface area (Å²) in [7, 11) is 0. The number of ether oxygens (including phenoxy) is 3. The molecule has 0 aromatic carbocycles. The molecule has 0 saturated heterocycles. The van der Waals surface area contributed by atoms with Gasteiger partial charge >= 0.3 is 11.9 Å². The normalized spacial score (nSPS) is 11.0. The molecule has 0 aliphatic rings. The quantitative estimate of drug-likeness (QED) is 0.0866. The summed E-state index contributed by atoms with van der Waals surface area (Å²) in [5.74, 6) is -0.825. The lowest BCUT2D eigenvalue weighted by atomic mass is 10.0. The van der Waals surface area contributed by atoms with Crippen LogP contribution in [0, 0.1) is 0 Å². The van der Waals surface area contributed by atoms with Crippen molar-refractivity contribution in [3.8, 4) is 0 Å². The Balaban J connectivity index is 3.24. The van der Waals surface area contributed by atoms with Gasteiger partial charge in [-0.25, -0.2) is 9.59 Å². The van der Waals surface area contributed by atoms with Gasteiger partial charge in [-0.1, -0.05) is 136 Å². The van der Waals surface area contributed by atoms with Crippen LogP contribution in [-0.2, 0) is 23.8 Å². The molecule has 202 valence electrons. The largest absolute Gasteiger partial charge is 0.464 e. The number of esters is 2. The van der Waals surface area contributed by atoms with Gasteiger partial charge in [0.15, 0.2) is 0 Å². The summed E-state index contributed by atoms with van der Waals surface area (Å²) in [4.78, 5) is 23.2. The molecule has 0 unspecified atom stereocenters. The average molecular weight is 485 g/mol. The van der Waals surface area contributed by atoms with Crippen molar-refractivity contribution in [3.05, 3.63) is 0 Å². The minimum atomic E-state index is -0.416. The van der Waals surface area contributed by atoms with Gasteiger partial charge in [0.25, 0.3) is 0 Å². The van der Waals surface area contributed by atoms with E-state index in [4.69, 9.17) is 14.2 Å². The first-order valence-corrected chi connectivity index (χ1v) is 14.6. The fraction of sp³-hybridized carbons (Fsp3) is 0.931. The predicted octanol–water partition coefficient (Wildman–Crippen LogP) is 8.32. The molecule has 0 atom stereocenters. The fourth-order valence-electron chi connectivity index (χ4n) is 4.03. The Morgan fingerprint density at radius 3 is 0.971 bits per heavy atom. The predicted molar refractivity (Wildman–Crippen MR) is 141 cm³/mol. The Bertz CT molecular complexity index is 438. The first-order valence-electron chi connectivity index (χ1n) is 14.6. The van der Waals surface area contributed by atoms with E-state index in [1.807, 2.05) is 0 Å². The summed E-state index contributed by atoms with van der Waals surface area (Å²) in [5, 5.41) is 0. The van der Waals surface area contributed by atoms with Crippen LogP contribution < -0.4 is 0 Å². The fourth-order valence-corrected chi connectivity index (χ4v) is 4.03. The highest BCUT2D eigenvalue weighted by atomic mass is 16.6. The van der Waals surface area contributed by atoms with Gasteiger partial charge in [-0.3, -0.25) is 0 Å². The molecule has 0 fully saturated rings. The zero-order valence-corrected chi connectivity index (χ0v) is 22.7. The molecule has 0 saturated carbocycles. The maximum absolute atomic E-state index is 11.6. The molecular weight excluding hydrogens is 428 g/mol. The zero-order valence-electron chi connectivity index (χ0n) is 22.7. The third-order valence-electron chi connectivity index (χ3n) is 6.21. The molecule has 0 bridgehead atoms.